The maximum absolute atomic E-state index is 12.2. The van der Waals surface area contributed by atoms with Crippen LogP contribution >= 0.6 is 0 Å². The number of benzene rings is 2. The minimum atomic E-state index is -3.49. The topological polar surface area (TPSA) is 55.4 Å². The molecule has 0 saturated carbocycles. The first-order valence-corrected chi connectivity index (χ1v) is 9.05. The molecule has 0 amide bonds. The van der Waals surface area contributed by atoms with Gasteiger partial charge >= 0.3 is 0 Å². The molecular formula is C18H23NO3S. The summed E-state index contributed by atoms with van der Waals surface area (Å²) in [4.78, 5) is 0.278. The van der Waals surface area contributed by atoms with E-state index < -0.39 is 10.0 Å². The number of hydrogen-bond donors (Lipinski definition) is 1. The maximum Gasteiger partial charge on any atom is 0.240 e. The van der Waals surface area contributed by atoms with Gasteiger partial charge in [-0.1, -0.05) is 18.2 Å². The van der Waals surface area contributed by atoms with Crippen molar-refractivity contribution in [2.24, 2.45) is 0 Å². The molecule has 0 bridgehead atoms. The smallest absolute Gasteiger partial charge is 0.240 e. The van der Waals surface area contributed by atoms with Gasteiger partial charge in [-0.2, -0.15) is 0 Å². The molecule has 0 saturated heterocycles. The van der Waals surface area contributed by atoms with Gasteiger partial charge in [0.15, 0.2) is 0 Å². The molecule has 0 radical (unpaired) electrons. The van der Waals surface area contributed by atoms with Crippen LogP contribution in [0.2, 0.25) is 0 Å². The molecule has 124 valence electrons. The van der Waals surface area contributed by atoms with Crippen LogP contribution in [0.3, 0.4) is 0 Å². The highest BCUT2D eigenvalue weighted by atomic mass is 32.2. The van der Waals surface area contributed by atoms with Gasteiger partial charge in [0.25, 0.3) is 0 Å². The summed E-state index contributed by atoms with van der Waals surface area (Å²) in [6.45, 7) is 8.45. The largest absolute Gasteiger partial charge is 0.492 e. The van der Waals surface area contributed by atoms with Crippen LogP contribution in [-0.2, 0) is 10.0 Å². The second-order valence-corrected chi connectivity index (χ2v) is 7.53. The fraction of sp³-hybridized carbons (Fsp3) is 0.333. The van der Waals surface area contributed by atoms with Crippen molar-refractivity contribution in [1.82, 2.24) is 4.72 Å². The zero-order chi connectivity index (χ0) is 17.0. The van der Waals surface area contributed by atoms with Crippen LogP contribution in [0.4, 0.5) is 0 Å². The van der Waals surface area contributed by atoms with E-state index in [0.29, 0.717) is 0 Å². The van der Waals surface area contributed by atoms with Gasteiger partial charge in [0.05, 0.1) is 4.90 Å². The number of aryl methyl sites for hydroxylation is 4. The molecule has 0 atom stereocenters. The van der Waals surface area contributed by atoms with Gasteiger partial charge < -0.3 is 4.74 Å². The zero-order valence-electron chi connectivity index (χ0n) is 14.0. The van der Waals surface area contributed by atoms with Crippen molar-refractivity contribution in [3.8, 4) is 5.75 Å². The molecule has 23 heavy (non-hydrogen) atoms. The van der Waals surface area contributed by atoms with Gasteiger partial charge in [0.1, 0.15) is 12.4 Å². The highest BCUT2D eigenvalue weighted by Gasteiger charge is 2.13. The maximum atomic E-state index is 12.2. The predicted molar refractivity (Wildman–Crippen MR) is 92.5 cm³/mol. The van der Waals surface area contributed by atoms with E-state index in [9.17, 15) is 8.42 Å². The molecule has 2 aromatic rings. The first-order chi connectivity index (χ1) is 10.8. The molecule has 4 nitrogen and oxygen atoms in total. The van der Waals surface area contributed by atoms with Gasteiger partial charge in [-0.05, 0) is 68.1 Å². The first kappa shape index (κ1) is 17.5. The zero-order valence-corrected chi connectivity index (χ0v) is 14.8. The normalized spacial score (nSPS) is 11.5. The van der Waals surface area contributed by atoms with E-state index in [-0.39, 0.29) is 18.0 Å². The molecule has 0 aliphatic rings. The van der Waals surface area contributed by atoms with Crippen molar-refractivity contribution in [3.63, 3.8) is 0 Å². The monoisotopic (exact) mass is 333 g/mol. The lowest BCUT2D eigenvalue weighted by molar-refractivity contribution is 0.320. The van der Waals surface area contributed by atoms with E-state index >= 15 is 0 Å². The van der Waals surface area contributed by atoms with E-state index in [2.05, 4.69) is 17.7 Å². The minimum Gasteiger partial charge on any atom is -0.492 e. The van der Waals surface area contributed by atoms with Crippen LogP contribution in [0.15, 0.2) is 41.3 Å². The minimum absolute atomic E-state index is 0.225. The Morgan fingerprint density at radius 2 is 1.65 bits per heavy atom. The Hall–Kier alpha value is -1.85. The number of rotatable bonds is 6. The summed E-state index contributed by atoms with van der Waals surface area (Å²) in [6, 6.07) is 10.9. The number of nitrogens with one attached hydrogen (secondary N) is 1. The van der Waals surface area contributed by atoms with Crippen LogP contribution in [0.25, 0.3) is 0 Å². The van der Waals surface area contributed by atoms with E-state index in [1.807, 2.05) is 32.9 Å². The van der Waals surface area contributed by atoms with Crippen molar-refractivity contribution in [2.45, 2.75) is 32.6 Å². The number of ether oxygens (including phenoxy) is 1. The number of sulfonamides is 1. The van der Waals surface area contributed by atoms with E-state index in [0.717, 1.165) is 22.4 Å². The van der Waals surface area contributed by atoms with E-state index in [1.54, 1.807) is 18.2 Å². The van der Waals surface area contributed by atoms with Crippen molar-refractivity contribution < 1.29 is 13.2 Å². The number of hydrogen-bond acceptors (Lipinski definition) is 3. The average molecular weight is 333 g/mol. The Kier molecular flexibility index (Phi) is 5.44. The summed E-state index contributed by atoms with van der Waals surface area (Å²) >= 11 is 0. The van der Waals surface area contributed by atoms with Gasteiger partial charge in [-0.3, -0.25) is 0 Å². The van der Waals surface area contributed by atoms with Crippen molar-refractivity contribution in [3.05, 3.63) is 58.7 Å². The SMILES string of the molecule is Cc1cccc(S(=O)(=O)NCCOc2cc(C)c(C)cc2C)c1. The third-order valence-corrected chi connectivity index (χ3v) is 5.20. The van der Waals surface area contributed by atoms with Crippen LogP contribution in [0.5, 0.6) is 5.75 Å². The molecule has 2 rings (SSSR count). The molecule has 0 aliphatic carbocycles. The lowest BCUT2D eigenvalue weighted by Gasteiger charge is -2.12. The highest BCUT2D eigenvalue weighted by Crippen LogP contribution is 2.22. The fourth-order valence-corrected chi connectivity index (χ4v) is 3.41. The molecule has 1 N–H and O–H groups in total. The molecule has 0 aliphatic heterocycles. The summed E-state index contributed by atoms with van der Waals surface area (Å²) in [5.41, 5.74) is 4.34. The van der Waals surface area contributed by atoms with Crippen molar-refractivity contribution in [1.29, 1.82) is 0 Å². The van der Waals surface area contributed by atoms with Gasteiger partial charge in [-0.15, -0.1) is 0 Å². The third-order valence-electron chi connectivity index (χ3n) is 3.74. The standard InChI is InChI=1S/C18H23NO3S/c1-13-6-5-7-17(10-13)23(20,21)19-8-9-22-18-12-15(3)14(2)11-16(18)4/h5-7,10-12,19H,8-9H2,1-4H3. The van der Waals surface area contributed by atoms with Gasteiger partial charge in [0.2, 0.25) is 10.0 Å². The van der Waals surface area contributed by atoms with Gasteiger partial charge in [-0.25, -0.2) is 13.1 Å². The van der Waals surface area contributed by atoms with Crippen LogP contribution in [0, 0.1) is 27.7 Å². The Bertz CT molecular complexity index is 798. The molecule has 0 spiro atoms. The third kappa shape index (κ3) is 4.56. The van der Waals surface area contributed by atoms with Crippen LogP contribution in [-0.4, -0.2) is 21.6 Å². The fourth-order valence-electron chi connectivity index (χ4n) is 2.29. The second-order valence-electron chi connectivity index (χ2n) is 5.76. The Morgan fingerprint density at radius 1 is 0.957 bits per heavy atom. The highest BCUT2D eigenvalue weighted by molar-refractivity contribution is 7.89. The quantitative estimate of drug-likeness (QED) is 0.826. The molecule has 0 unspecified atom stereocenters. The molecule has 0 fully saturated rings. The van der Waals surface area contributed by atoms with Gasteiger partial charge in [0, 0.05) is 6.54 Å². The molecule has 2 aromatic carbocycles. The molecule has 5 heteroatoms. The summed E-state index contributed by atoms with van der Waals surface area (Å²) < 4.78 is 32.7. The Balaban J connectivity index is 1.94. The summed E-state index contributed by atoms with van der Waals surface area (Å²) in [5.74, 6) is 0.794. The average Bonchev–Trinajstić information content (AvgIpc) is 2.48. The first-order valence-electron chi connectivity index (χ1n) is 7.56. The van der Waals surface area contributed by atoms with E-state index in [1.165, 1.54) is 5.56 Å². The van der Waals surface area contributed by atoms with Crippen molar-refractivity contribution in [2.75, 3.05) is 13.2 Å². The molecule has 0 heterocycles. The summed E-state index contributed by atoms with van der Waals surface area (Å²) in [5, 5.41) is 0. The lowest BCUT2D eigenvalue weighted by atomic mass is 10.1. The van der Waals surface area contributed by atoms with Crippen molar-refractivity contribution >= 4 is 10.0 Å². The predicted octanol–water partition coefficient (Wildman–Crippen LogP) is 3.28. The molecular weight excluding hydrogens is 310 g/mol. The summed E-state index contributed by atoms with van der Waals surface area (Å²) in [6.07, 6.45) is 0. The Labute approximate surface area is 138 Å². The second kappa shape index (κ2) is 7.15. The van der Waals surface area contributed by atoms with E-state index in [4.69, 9.17) is 4.74 Å². The van der Waals surface area contributed by atoms with Crippen LogP contribution in [0.1, 0.15) is 22.3 Å². The molecule has 0 aromatic heterocycles. The lowest BCUT2D eigenvalue weighted by Crippen LogP contribution is -2.28. The Morgan fingerprint density at radius 3 is 2.35 bits per heavy atom. The summed E-state index contributed by atoms with van der Waals surface area (Å²) in [7, 11) is -3.49. The van der Waals surface area contributed by atoms with Crippen LogP contribution < -0.4 is 9.46 Å².